The molecule has 0 spiro atoms. The van der Waals surface area contributed by atoms with Crippen LogP contribution >= 0.6 is 11.3 Å². The van der Waals surface area contributed by atoms with Crippen LogP contribution in [-0.4, -0.2) is 17.1 Å². The third-order valence-corrected chi connectivity index (χ3v) is 5.29. The minimum Gasteiger partial charge on any atom is -0.267 e. The molecule has 1 amide bonds. The molecule has 4 aromatic rings. The molecule has 138 valence electrons. The van der Waals surface area contributed by atoms with Crippen molar-refractivity contribution < 1.29 is 4.79 Å². The van der Waals surface area contributed by atoms with Gasteiger partial charge in [-0.3, -0.25) is 4.79 Å². The van der Waals surface area contributed by atoms with Crippen LogP contribution in [0.25, 0.3) is 10.2 Å². The Balaban J connectivity index is 1.77. The van der Waals surface area contributed by atoms with E-state index in [9.17, 15) is 4.79 Å². The summed E-state index contributed by atoms with van der Waals surface area (Å²) >= 11 is 1.46. The van der Waals surface area contributed by atoms with Gasteiger partial charge in [0.2, 0.25) is 5.13 Å². The number of amides is 1. The fourth-order valence-corrected chi connectivity index (χ4v) is 3.88. The van der Waals surface area contributed by atoms with Crippen LogP contribution in [0.4, 0.5) is 5.13 Å². The summed E-state index contributed by atoms with van der Waals surface area (Å²) in [5.41, 5.74) is 4.55. The number of benzene rings is 3. The Bertz CT molecular complexity index is 1160. The van der Waals surface area contributed by atoms with Gasteiger partial charge in [-0.25, -0.2) is 4.98 Å². The lowest BCUT2D eigenvalue weighted by atomic mass is 10.1. The van der Waals surface area contributed by atoms with Gasteiger partial charge < -0.3 is 0 Å². The zero-order chi connectivity index (χ0) is 19.5. The maximum absolute atomic E-state index is 13.2. The predicted octanol–water partition coefficient (Wildman–Crippen LogP) is 5.59. The van der Waals surface area contributed by atoms with E-state index in [0.717, 1.165) is 26.9 Å². The van der Waals surface area contributed by atoms with Gasteiger partial charge in [0.15, 0.2) is 0 Å². The summed E-state index contributed by atoms with van der Waals surface area (Å²) in [6.07, 6.45) is 1.69. The monoisotopic (exact) mass is 385 g/mol. The molecule has 4 nitrogen and oxygen atoms in total. The second-order valence-corrected chi connectivity index (χ2v) is 7.62. The molecule has 0 atom stereocenters. The second-order valence-electron chi connectivity index (χ2n) is 6.61. The summed E-state index contributed by atoms with van der Waals surface area (Å²) in [5.74, 6) is -0.202. The lowest BCUT2D eigenvalue weighted by Crippen LogP contribution is -2.25. The molecule has 0 aliphatic heterocycles. The maximum Gasteiger partial charge on any atom is 0.280 e. The lowest BCUT2D eigenvalue weighted by molar-refractivity contribution is 0.0988. The minimum atomic E-state index is -0.202. The average Bonchev–Trinajstić information content (AvgIpc) is 3.11. The number of carbonyl (C=O) groups excluding carboxylic acids is 1. The SMILES string of the molecule is Cc1cccc(C(=O)N(/N=C/c2ccccc2)c2nc3ccc(C)cc3s2)c1. The van der Waals surface area contributed by atoms with E-state index < -0.39 is 0 Å². The summed E-state index contributed by atoms with van der Waals surface area (Å²) in [7, 11) is 0. The highest BCUT2D eigenvalue weighted by Crippen LogP contribution is 2.30. The Morgan fingerprint density at radius 2 is 1.75 bits per heavy atom. The van der Waals surface area contributed by atoms with Gasteiger partial charge in [0.1, 0.15) is 0 Å². The van der Waals surface area contributed by atoms with Gasteiger partial charge in [-0.1, -0.05) is 65.4 Å². The van der Waals surface area contributed by atoms with Crippen molar-refractivity contribution >= 4 is 38.8 Å². The number of aromatic nitrogens is 1. The molecule has 0 unspecified atom stereocenters. The number of fused-ring (bicyclic) bond motifs is 1. The first-order valence-electron chi connectivity index (χ1n) is 8.97. The highest BCUT2D eigenvalue weighted by molar-refractivity contribution is 7.22. The maximum atomic E-state index is 13.2. The molecule has 1 heterocycles. The van der Waals surface area contributed by atoms with Crippen LogP contribution in [0.15, 0.2) is 77.9 Å². The molecular formula is C23H19N3OS. The fourth-order valence-electron chi connectivity index (χ4n) is 2.86. The van der Waals surface area contributed by atoms with Crippen LogP contribution < -0.4 is 5.01 Å². The standard InChI is InChI=1S/C23H19N3OS/c1-16-7-6-10-19(13-16)22(27)26(24-15-18-8-4-3-5-9-18)23-25-20-12-11-17(2)14-21(20)28-23/h3-15H,1-2H3/b24-15+. The second kappa shape index (κ2) is 7.74. The van der Waals surface area contributed by atoms with Gasteiger partial charge in [-0.15, -0.1) is 0 Å². The zero-order valence-corrected chi connectivity index (χ0v) is 16.5. The largest absolute Gasteiger partial charge is 0.280 e. The van der Waals surface area contributed by atoms with E-state index in [2.05, 4.69) is 16.2 Å². The van der Waals surface area contributed by atoms with E-state index in [4.69, 9.17) is 0 Å². The average molecular weight is 385 g/mol. The van der Waals surface area contributed by atoms with Gasteiger partial charge in [-0.2, -0.15) is 10.1 Å². The van der Waals surface area contributed by atoms with Crippen molar-refractivity contribution in [3.05, 3.63) is 95.1 Å². The predicted molar refractivity (Wildman–Crippen MR) is 116 cm³/mol. The van der Waals surface area contributed by atoms with Crippen LogP contribution in [0.3, 0.4) is 0 Å². The Morgan fingerprint density at radius 1 is 0.964 bits per heavy atom. The van der Waals surface area contributed by atoms with Crippen molar-refractivity contribution in [1.29, 1.82) is 0 Å². The smallest absolute Gasteiger partial charge is 0.267 e. The molecule has 0 bridgehead atoms. The van der Waals surface area contributed by atoms with Crippen LogP contribution in [0.2, 0.25) is 0 Å². The van der Waals surface area contributed by atoms with E-state index in [1.807, 2.05) is 74.5 Å². The molecule has 0 saturated heterocycles. The third-order valence-electron chi connectivity index (χ3n) is 4.29. The number of thiazole rings is 1. The molecule has 5 heteroatoms. The molecule has 0 aliphatic rings. The van der Waals surface area contributed by atoms with Crippen molar-refractivity contribution in [3.8, 4) is 0 Å². The van der Waals surface area contributed by atoms with Gasteiger partial charge in [0.05, 0.1) is 16.4 Å². The van der Waals surface area contributed by atoms with E-state index in [0.29, 0.717) is 10.7 Å². The van der Waals surface area contributed by atoms with Gasteiger partial charge in [-0.05, 0) is 49.2 Å². The highest BCUT2D eigenvalue weighted by Gasteiger charge is 2.21. The quantitative estimate of drug-likeness (QED) is 0.339. The van der Waals surface area contributed by atoms with Crippen molar-refractivity contribution in [2.75, 3.05) is 5.01 Å². The number of rotatable bonds is 4. The van der Waals surface area contributed by atoms with E-state index in [1.54, 1.807) is 12.3 Å². The van der Waals surface area contributed by atoms with Crippen molar-refractivity contribution in [3.63, 3.8) is 0 Å². The first-order valence-corrected chi connectivity index (χ1v) is 9.79. The number of hydrogen-bond donors (Lipinski definition) is 0. The van der Waals surface area contributed by atoms with Crippen molar-refractivity contribution in [1.82, 2.24) is 4.98 Å². The number of hydrazone groups is 1. The summed E-state index contributed by atoms with van der Waals surface area (Å²) in [6.45, 7) is 4.01. The van der Waals surface area contributed by atoms with Crippen molar-refractivity contribution in [2.45, 2.75) is 13.8 Å². The summed E-state index contributed by atoms with van der Waals surface area (Å²) in [6, 6.07) is 23.3. The molecule has 1 aromatic heterocycles. The molecule has 0 saturated carbocycles. The number of carbonyl (C=O) groups is 1. The minimum absolute atomic E-state index is 0.202. The van der Waals surface area contributed by atoms with Gasteiger partial charge >= 0.3 is 0 Å². The highest BCUT2D eigenvalue weighted by atomic mass is 32.1. The summed E-state index contributed by atoms with van der Waals surface area (Å²) in [5, 5.41) is 6.44. The first kappa shape index (κ1) is 18.1. The Labute approximate surface area is 167 Å². The topological polar surface area (TPSA) is 45.6 Å². The first-order chi connectivity index (χ1) is 13.6. The number of hydrogen-bond acceptors (Lipinski definition) is 4. The Hall–Kier alpha value is -3.31. The van der Waals surface area contributed by atoms with Crippen LogP contribution in [0.1, 0.15) is 27.0 Å². The molecule has 28 heavy (non-hydrogen) atoms. The molecule has 3 aromatic carbocycles. The van der Waals surface area contributed by atoms with E-state index >= 15 is 0 Å². The molecule has 4 rings (SSSR count). The van der Waals surface area contributed by atoms with E-state index in [-0.39, 0.29) is 5.91 Å². The third kappa shape index (κ3) is 3.85. The molecule has 0 aliphatic carbocycles. The number of aryl methyl sites for hydroxylation is 2. The lowest BCUT2D eigenvalue weighted by Gasteiger charge is -2.14. The van der Waals surface area contributed by atoms with E-state index in [1.165, 1.54) is 16.3 Å². The molecule has 0 radical (unpaired) electrons. The molecular weight excluding hydrogens is 366 g/mol. The van der Waals surface area contributed by atoms with Crippen LogP contribution in [0, 0.1) is 13.8 Å². The zero-order valence-electron chi connectivity index (χ0n) is 15.7. The summed E-state index contributed by atoms with van der Waals surface area (Å²) < 4.78 is 1.03. The van der Waals surface area contributed by atoms with Gasteiger partial charge in [0, 0.05) is 5.56 Å². The summed E-state index contributed by atoms with van der Waals surface area (Å²) in [4.78, 5) is 17.9. The van der Waals surface area contributed by atoms with Gasteiger partial charge in [0.25, 0.3) is 5.91 Å². The Kier molecular flexibility index (Phi) is 5.00. The molecule has 0 fully saturated rings. The van der Waals surface area contributed by atoms with Crippen LogP contribution in [0.5, 0.6) is 0 Å². The normalized spacial score (nSPS) is 11.2. The number of anilines is 1. The van der Waals surface area contributed by atoms with Crippen LogP contribution in [-0.2, 0) is 0 Å². The Morgan fingerprint density at radius 3 is 2.54 bits per heavy atom. The molecule has 0 N–H and O–H groups in total. The number of nitrogens with zero attached hydrogens (tertiary/aromatic N) is 3. The van der Waals surface area contributed by atoms with Crippen molar-refractivity contribution in [2.24, 2.45) is 5.10 Å². The fraction of sp³-hybridized carbons (Fsp3) is 0.0870.